The SMILES string of the molecule is Cc1ccc(NC(=O)C(C)Oc2ccc(Cl)cc2Cl)cc1-n1cnnn1. The van der Waals surface area contributed by atoms with Crippen LogP contribution in [0.1, 0.15) is 12.5 Å². The molecule has 1 unspecified atom stereocenters. The first-order chi connectivity index (χ1) is 12.4. The van der Waals surface area contributed by atoms with Gasteiger partial charge in [0.1, 0.15) is 12.1 Å². The van der Waals surface area contributed by atoms with Crippen LogP contribution in [-0.4, -0.2) is 32.2 Å². The van der Waals surface area contributed by atoms with Crippen molar-refractivity contribution in [2.45, 2.75) is 20.0 Å². The minimum atomic E-state index is -0.758. The molecule has 1 heterocycles. The van der Waals surface area contributed by atoms with Gasteiger partial charge in [0.05, 0.1) is 10.7 Å². The number of rotatable bonds is 5. The molecule has 9 heteroatoms. The molecular weight excluding hydrogens is 377 g/mol. The average molecular weight is 392 g/mol. The number of benzene rings is 2. The lowest BCUT2D eigenvalue weighted by atomic mass is 10.1. The van der Waals surface area contributed by atoms with Crippen molar-refractivity contribution in [1.29, 1.82) is 0 Å². The van der Waals surface area contributed by atoms with Crippen LogP contribution in [0.25, 0.3) is 5.69 Å². The van der Waals surface area contributed by atoms with E-state index in [-0.39, 0.29) is 5.91 Å². The monoisotopic (exact) mass is 391 g/mol. The van der Waals surface area contributed by atoms with Crippen LogP contribution in [0.4, 0.5) is 5.69 Å². The van der Waals surface area contributed by atoms with Crippen molar-refractivity contribution in [2.75, 3.05) is 5.32 Å². The van der Waals surface area contributed by atoms with E-state index in [1.165, 1.54) is 11.0 Å². The Bertz CT molecular complexity index is 931. The molecular formula is C17H15Cl2N5O2. The summed E-state index contributed by atoms with van der Waals surface area (Å²) in [7, 11) is 0. The Morgan fingerprint density at radius 3 is 2.73 bits per heavy atom. The van der Waals surface area contributed by atoms with E-state index in [0.29, 0.717) is 21.5 Å². The van der Waals surface area contributed by atoms with Gasteiger partial charge in [0, 0.05) is 10.7 Å². The summed E-state index contributed by atoms with van der Waals surface area (Å²) in [5, 5.41) is 14.8. The fourth-order valence-electron chi connectivity index (χ4n) is 2.26. The topological polar surface area (TPSA) is 81.9 Å². The summed E-state index contributed by atoms with van der Waals surface area (Å²) >= 11 is 11.9. The van der Waals surface area contributed by atoms with Gasteiger partial charge in [0.25, 0.3) is 5.91 Å². The minimum Gasteiger partial charge on any atom is -0.479 e. The second kappa shape index (κ2) is 7.72. The highest BCUT2D eigenvalue weighted by atomic mass is 35.5. The molecule has 0 radical (unpaired) electrons. The van der Waals surface area contributed by atoms with Crippen molar-refractivity contribution >= 4 is 34.8 Å². The summed E-state index contributed by atoms with van der Waals surface area (Å²) in [5.74, 6) is 0.0690. The van der Waals surface area contributed by atoms with Crippen molar-refractivity contribution in [3.05, 3.63) is 58.3 Å². The quantitative estimate of drug-likeness (QED) is 0.716. The second-order valence-electron chi connectivity index (χ2n) is 5.58. The van der Waals surface area contributed by atoms with Gasteiger partial charge in [-0.2, -0.15) is 0 Å². The zero-order valence-corrected chi connectivity index (χ0v) is 15.5. The van der Waals surface area contributed by atoms with Crippen molar-refractivity contribution in [2.24, 2.45) is 0 Å². The summed E-state index contributed by atoms with van der Waals surface area (Å²) in [6, 6.07) is 10.3. The van der Waals surface area contributed by atoms with Gasteiger partial charge < -0.3 is 10.1 Å². The van der Waals surface area contributed by atoms with E-state index in [0.717, 1.165) is 11.3 Å². The molecule has 134 valence electrons. The largest absolute Gasteiger partial charge is 0.479 e. The molecule has 0 bridgehead atoms. The first-order valence-corrected chi connectivity index (χ1v) is 8.46. The first-order valence-electron chi connectivity index (χ1n) is 7.70. The molecule has 0 spiro atoms. The van der Waals surface area contributed by atoms with Crippen LogP contribution >= 0.6 is 23.2 Å². The smallest absolute Gasteiger partial charge is 0.265 e. The Kier molecular flexibility index (Phi) is 5.39. The number of nitrogens with zero attached hydrogens (tertiary/aromatic N) is 4. The van der Waals surface area contributed by atoms with Crippen LogP contribution in [0, 0.1) is 6.92 Å². The van der Waals surface area contributed by atoms with Crippen molar-refractivity contribution in [3.63, 3.8) is 0 Å². The van der Waals surface area contributed by atoms with Gasteiger partial charge in [-0.25, -0.2) is 4.68 Å². The Morgan fingerprint density at radius 2 is 2.04 bits per heavy atom. The molecule has 26 heavy (non-hydrogen) atoms. The standard InChI is InChI=1S/C17H15Cl2N5O2/c1-10-3-5-13(8-15(10)24-9-20-22-23-24)21-17(25)11(2)26-16-6-4-12(18)7-14(16)19/h3-9,11H,1-2H3,(H,21,25). The molecule has 1 amide bonds. The van der Waals surface area contributed by atoms with Gasteiger partial charge in [-0.3, -0.25) is 4.79 Å². The molecule has 1 aromatic heterocycles. The first kappa shape index (κ1) is 18.2. The molecule has 0 saturated carbocycles. The second-order valence-corrected chi connectivity index (χ2v) is 6.42. The molecule has 0 aliphatic carbocycles. The summed E-state index contributed by atoms with van der Waals surface area (Å²) in [5.41, 5.74) is 2.33. The lowest BCUT2D eigenvalue weighted by Gasteiger charge is -2.16. The van der Waals surface area contributed by atoms with Gasteiger partial charge in [-0.15, -0.1) is 5.10 Å². The van der Waals surface area contributed by atoms with Crippen LogP contribution in [0.15, 0.2) is 42.7 Å². The number of aromatic nitrogens is 4. The fraction of sp³-hybridized carbons (Fsp3) is 0.176. The third-order valence-electron chi connectivity index (χ3n) is 3.64. The molecule has 1 N–H and O–H groups in total. The van der Waals surface area contributed by atoms with E-state index in [9.17, 15) is 4.79 Å². The zero-order chi connectivity index (χ0) is 18.7. The number of ether oxygens (including phenoxy) is 1. The van der Waals surface area contributed by atoms with Crippen LogP contribution in [0.2, 0.25) is 10.0 Å². The third kappa shape index (κ3) is 4.12. The number of nitrogens with one attached hydrogen (secondary N) is 1. The number of halogens is 2. The molecule has 7 nitrogen and oxygen atoms in total. The summed E-state index contributed by atoms with van der Waals surface area (Å²) in [6.07, 6.45) is 0.730. The number of amides is 1. The summed E-state index contributed by atoms with van der Waals surface area (Å²) in [6.45, 7) is 3.56. The van der Waals surface area contributed by atoms with Crippen molar-refractivity contribution < 1.29 is 9.53 Å². The van der Waals surface area contributed by atoms with Gasteiger partial charge in [-0.05, 0) is 60.2 Å². The van der Waals surface area contributed by atoms with Gasteiger partial charge >= 0.3 is 0 Å². The van der Waals surface area contributed by atoms with Gasteiger partial charge in [0.15, 0.2) is 6.10 Å². The van der Waals surface area contributed by atoms with Crippen molar-refractivity contribution in [3.8, 4) is 11.4 Å². The molecule has 0 aliphatic heterocycles. The summed E-state index contributed by atoms with van der Waals surface area (Å²) < 4.78 is 7.15. The lowest BCUT2D eigenvalue weighted by molar-refractivity contribution is -0.122. The lowest BCUT2D eigenvalue weighted by Crippen LogP contribution is -2.30. The highest BCUT2D eigenvalue weighted by Crippen LogP contribution is 2.28. The number of carbonyl (C=O) groups excluding carboxylic acids is 1. The maximum atomic E-state index is 12.4. The molecule has 1 atom stereocenters. The van der Waals surface area contributed by atoms with Crippen LogP contribution in [0.3, 0.4) is 0 Å². The number of hydrogen-bond donors (Lipinski definition) is 1. The zero-order valence-electron chi connectivity index (χ0n) is 14.0. The highest BCUT2D eigenvalue weighted by Gasteiger charge is 2.17. The van der Waals surface area contributed by atoms with E-state index in [2.05, 4.69) is 20.8 Å². The highest BCUT2D eigenvalue weighted by molar-refractivity contribution is 6.35. The number of hydrogen-bond acceptors (Lipinski definition) is 5. The summed E-state index contributed by atoms with van der Waals surface area (Å²) in [4.78, 5) is 12.4. The molecule has 0 fully saturated rings. The Hall–Kier alpha value is -2.64. The maximum Gasteiger partial charge on any atom is 0.265 e. The van der Waals surface area contributed by atoms with E-state index in [1.54, 1.807) is 37.3 Å². The van der Waals surface area contributed by atoms with Gasteiger partial charge in [-0.1, -0.05) is 29.3 Å². The van der Waals surface area contributed by atoms with E-state index < -0.39 is 6.10 Å². The van der Waals surface area contributed by atoms with E-state index in [4.69, 9.17) is 27.9 Å². The Morgan fingerprint density at radius 1 is 1.23 bits per heavy atom. The Balaban J connectivity index is 1.72. The fourth-order valence-corrected chi connectivity index (χ4v) is 2.72. The molecule has 0 aliphatic rings. The Labute approximate surface area is 159 Å². The van der Waals surface area contributed by atoms with E-state index >= 15 is 0 Å². The molecule has 3 rings (SSSR count). The van der Waals surface area contributed by atoms with Crippen LogP contribution in [-0.2, 0) is 4.79 Å². The average Bonchev–Trinajstić information content (AvgIpc) is 3.13. The maximum absolute atomic E-state index is 12.4. The van der Waals surface area contributed by atoms with Crippen LogP contribution < -0.4 is 10.1 Å². The number of carbonyl (C=O) groups is 1. The van der Waals surface area contributed by atoms with E-state index in [1.807, 2.05) is 13.0 Å². The molecule has 3 aromatic rings. The number of tetrazole rings is 1. The van der Waals surface area contributed by atoms with Gasteiger partial charge in [0.2, 0.25) is 0 Å². The molecule has 0 saturated heterocycles. The number of aryl methyl sites for hydroxylation is 1. The molecule has 2 aromatic carbocycles. The number of anilines is 1. The van der Waals surface area contributed by atoms with Crippen molar-refractivity contribution in [1.82, 2.24) is 20.2 Å². The minimum absolute atomic E-state index is 0.317. The predicted molar refractivity (Wildman–Crippen MR) is 99.1 cm³/mol. The normalized spacial score (nSPS) is 11.8. The predicted octanol–water partition coefficient (Wildman–Crippen LogP) is 3.68. The van der Waals surface area contributed by atoms with Crippen LogP contribution in [0.5, 0.6) is 5.75 Å². The third-order valence-corrected chi connectivity index (χ3v) is 4.17.